The predicted octanol–water partition coefficient (Wildman–Crippen LogP) is 2.07. The van der Waals surface area contributed by atoms with E-state index < -0.39 is 0 Å². The minimum absolute atomic E-state index is 0.682. The second kappa shape index (κ2) is 12.0. The van der Waals surface area contributed by atoms with Crippen molar-refractivity contribution in [2.45, 2.75) is 33.1 Å². The van der Waals surface area contributed by atoms with Crippen molar-refractivity contribution in [2.75, 3.05) is 40.0 Å². The maximum Gasteiger partial charge on any atom is 0.0491 e. The van der Waals surface area contributed by atoms with Gasteiger partial charge >= 0.3 is 0 Å². The number of hydrogen-bond donors (Lipinski definition) is 1. The molecule has 0 amide bonds. The molecule has 3 heteroatoms. The number of rotatable bonds is 11. The molecule has 15 heavy (non-hydrogen) atoms. The van der Waals surface area contributed by atoms with Gasteiger partial charge in [-0.1, -0.05) is 20.3 Å². The summed E-state index contributed by atoms with van der Waals surface area (Å²) >= 11 is 0. The number of nitrogens with one attached hydrogen (secondary N) is 1. The smallest absolute Gasteiger partial charge is 0.0491 e. The third-order valence-electron chi connectivity index (χ3n) is 2.39. The topological polar surface area (TPSA) is 30.5 Å². The Morgan fingerprint density at radius 2 is 1.73 bits per heavy atom. The highest BCUT2D eigenvalue weighted by molar-refractivity contribution is 4.46. The lowest BCUT2D eigenvalue weighted by atomic mass is 10.1. The van der Waals surface area contributed by atoms with Crippen LogP contribution in [0.2, 0.25) is 0 Å². The second-order valence-electron chi connectivity index (χ2n) is 4.01. The molecule has 0 radical (unpaired) electrons. The molecule has 3 nitrogen and oxygen atoms in total. The Bertz CT molecular complexity index is 120. The first-order chi connectivity index (χ1) is 7.31. The lowest BCUT2D eigenvalue weighted by molar-refractivity contribution is 0.0678. The second-order valence-corrected chi connectivity index (χ2v) is 4.01. The zero-order valence-electron chi connectivity index (χ0n) is 10.6. The Labute approximate surface area is 94.5 Å². The van der Waals surface area contributed by atoms with E-state index in [0.717, 1.165) is 45.8 Å². The van der Waals surface area contributed by atoms with E-state index in [4.69, 9.17) is 9.47 Å². The van der Waals surface area contributed by atoms with Crippen molar-refractivity contribution in [3.63, 3.8) is 0 Å². The molecule has 0 spiro atoms. The first kappa shape index (κ1) is 14.9. The van der Waals surface area contributed by atoms with Crippen molar-refractivity contribution < 1.29 is 9.47 Å². The van der Waals surface area contributed by atoms with Gasteiger partial charge in [-0.3, -0.25) is 0 Å². The van der Waals surface area contributed by atoms with Gasteiger partial charge in [0.2, 0.25) is 0 Å². The molecule has 0 aliphatic heterocycles. The summed E-state index contributed by atoms with van der Waals surface area (Å²) in [7, 11) is 1.96. The molecule has 0 saturated heterocycles. The molecule has 0 bridgehead atoms. The Morgan fingerprint density at radius 1 is 1.07 bits per heavy atom. The summed E-state index contributed by atoms with van der Waals surface area (Å²) in [6.07, 6.45) is 3.29. The van der Waals surface area contributed by atoms with Crippen molar-refractivity contribution in [3.8, 4) is 0 Å². The Morgan fingerprint density at radius 3 is 2.40 bits per heavy atom. The molecular formula is C12H27NO2. The molecule has 1 unspecified atom stereocenters. The fourth-order valence-corrected chi connectivity index (χ4v) is 1.12. The maximum atomic E-state index is 5.52. The van der Waals surface area contributed by atoms with Gasteiger partial charge in [-0.05, 0) is 32.4 Å². The van der Waals surface area contributed by atoms with Gasteiger partial charge in [0.1, 0.15) is 0 Å². The van der Waals surface area contributed by atoms with E-state index in [1.54, 1.807) is 0 Å². The third kappa shape index (κ3) is 11.8. The van der Waals surface area contributed by atoms with Gasteiger partial charge < -0.3 is 14.8 Å². The fourth-order valence-electron chi connectivity index (χ4n) is 1.12. The van der Waals surface area contributed by atoms with Crippen LogP contribution < -0.4 is 5.32 Å². The monoisotopic (exact) mass is 217 g/mol. The summed E-state index contributed by atoms with van der Waals surface area (Å²) < 4.78 is 11.0. The van der Waals surface area contributed by atoms with Gasteiger partial charge in [-0.25, -0.2) is 0 Å². The van der Waals surface area contributed by atoms with Gasteiger partial charge in [0.15, 0.2) is 0 Å². The van der Waals surface area contributed by atoms with Gasteiger partial charge in [-0.2, -0.15) is 0 Å². The molecule has 0 aliphatic carbocycles. The molecule has 0 fully saturated rings. The summed E-state index contributed by atoms with van der Waals surface area (Å²) in [5.74, 6) is 0.682. The van der Waals surface area contributed by atoms with Gasteiger partial charge in [-0.15, -0.1) is 0 Å². The van der Waals surface area contributed by atoms with Crippen LogP contribution in [0.1, 0.15) is 33.1 Å². The Kier molecular flexibility index (Phi) is 11.9. The first-order valence-corrected chi connectivity index (χ1v) is 6.11. The van der Waals surface area contributed by atoms with Crippen LogP contribution in [0.4, 0.5) is 0 Å². The zero-order valence-corrected chi connectivity index (χ0v) is 10.6. The molecule has 0 aromatic heterocycles. The van der Waals surface area contributed by atoms with Crippen LogP contribution in [0, 0.1) is 5.92 Å². The van der Waals surface area contributed by atoms with Crippen molar-refractivity contribution in [2.24, 2.45) is 5.92 Å². The minimum Gasteiger partial charge on any atom is -0.381 e. The molecular weight excluding hydrogens is 190 g/mol. The van der Waals surface area contributed by atoms with E-state index in [-0.39, 0.29) is 0 Å². The van der Waals surface area contributed by atoms with E-state index in [1.165, 1.54) is 6.42 Å². The quantitative estimate of drug-likeness (QED) is 0.537. The number of ether oxygens (including phenoxy) is 2. The summed E-state index contributed by atoms with van der Waals surface area (Å²) in [6, 6.07) is 0. The van der Waals surface area contributed by atoms with Crippen molar-refractivity contribution in [3.05, 3.63) is 0 Å². The summed E-state index contributed by atoms with van der Waals surface area (Å²) in [5, 5.41) is 3.09. The van der Waals surface area contributed by atoms with E-state index in [0.29, 0.717) is 5.92 Å². The van der Waals surface area contributed by atoms with Gasteiger partial charge in [0, 0.05) is 26.4 Å². The van der Waals surface area contributed by atoms with Crippen LogP contribution in [-0.4, -0.2) is 40.0 Å². The molecule has 0 aromatic rings. The van der Waals surface area contributed by atoms with E-state index >= 15 is 0 Å². The van der Waals surface area contributed by atoms with Crippen LogP contribution in [0.3, 0.4) is 0 Å². The molecule has 1 atom stereocenters. The highest BCUT2D eigenvalue weighted by Gasteiger charge is 1.97. The molecule has 0 rings (SSSR count). The molecule has 0 saturated carbocycles. The normalized spacial score (nSPS) is 13.0. The SMILES string of the molecule is CCC(C)COCCCOCCCNC. The Hall–Kier alpha value is -0.120. The summed E-state index contributed by atoms with van der Waals surface area (Å²) in [6.45, 7) is 8.83. The van der Waals surface area contributed by atoms with Crippen LogP contribution in [-0.2, 0) is 9.47 Å². The van der Waals surface area contributed by atoms with Crippen molar-refractivity contribution in [1.29, 1.82) is 0 Å². The molecule has 0 aromatic carbocycles. The lowest BCUT2D eigenvalue weighted by Crippen LogP contribution is -2.11. The molecule has 1 N–H and O–H groups in total. The maximum absolute atomic E-state index is 5.52. The predicted molar refractivity (Wildman–Crippen MR) is 64.3 cm³/mol. The van der Waals surface area contributed by atoms with E-state index in [9.17, 15) is 0 Å². The highest BCUT2D eigenvalue weighted by atomic mass is 16.5. The third-order valence-corrected chi connectivity index (χ3v) is 2.39. The molecule has 92 valence electrons. The molecule has 0 aliphatic rings. The highest BCUT2D eigenvalue weighted by Crippen LogP contribution is 2.00. The van der Waals surface area contributed by atoms with E-state index in [2.05, 4.69) is 19.2 Å². The average molecular weight is 217 g/mol. The van der Waals surface area contributed by atoms with E-state index in [1.807, 2.05) is 7.05 Å². The standard InChI is InChI=1S/C12H27NO2/c1-4-12(2)11-15-10-6-9-14-8-5-7-13-3/h12-13H,4-11H2,1-3H3. The van der Waals surface area contributed by atoms with Crippen LogP contribution in [0.5, 0.6) is 0 Å². The zero-order chi connectivity index (χ0) is 11.4. The Balaban J connectivity index is 2.92. The minimum atomic E-state index is 0.682. The lowest BCUT2D eigenvalue weighted by Gasteiger charge is -2.09. The largest absolute Gasteiger partial charge is 0.381 e. The summed E-state index contributed by atoms with van der Waals surface area (Å²) in [5.41, 5.74) is 0. The van der Waals surface area contributed by atoms with Crippen molar-refractivity contribution in [1.82, 2.24) is 5.32 Å². The molecule has 0 heterocycles. The summed E-state index contributed by atoms with van der Waals surface area (Å²) in [4.78, 5) is 0. The number of hydrogen-bond acceptors (Lipinski definition) is 3. The fraction of sp³-hybridized carbons (Fsp3) is 1.00. The van der Waals surface area contributed by atoms with Crippen molar-refractivity contribution >= 4 is 0 Å². The van der Waals surface area contributed by atoms with Crippen LogP contribution in [0.25, 0.3) is 0 Å². The van der Waals surface area contributed by atoms with Crippen LogP contribution >= 0.6 is 0 Å². The van der Waals surface area contributed by atoms with Gasteiger partial charge in [0.25, 0.3) is 0 Å². The van der Waals surface area contributed by atoms with Gasteiger partial charge in [0.05, 0.1) is 0 Å². The van der Waals surface area contributed by atoms with Crippen LogP contribution in [0.15, 0.2) is 0 Å². The first-order valence-electron chi connectivity index (χ1n) is 6.11. The average Bonchev–Trinajstić information content (AvgIpc) is 2.26.